The molecule has 2 aromatic rings. The Labute approximate surface area is 93.8 Å². The summed E-state index contributed by atoms with van der Waals surface area (Å²) in [7, 11) is 0. The first-order valence-corrected chi connectivity index (χ1v) is 5.34. The van der Waals surface area contributed by atoms with Gasteiger partial charge in [-0.2, -0.15) is 5.10 Å². The van der Waals surface area contributed by atoms with Crippen molar-refractivity contribution in [2.75, 3.05) is 0 Å². The van der Waals surface area contributed by atoms with Gasteiger partial charge >= 0.3 is 0 Å². The standard InChI is InChI=1S/C11H14ClN3/c1-7(13)6-15-11-4-3-9(12)5-10(11)8(2)14-15/h3-5,7H,6,13H2,1-2H3. The van der Waals surface area contributed by atoms with E-state index >= 15 is 0 Å². The van der Waals surface area contributed by atoms with Crippen LogP contribution in [0.25, 0.3) is 10.9 Å². The zero-order valence-corrected chi connectivity index (χ0v) is 9.62. The van der Waals surface area contributed by atoms with Crippen molar-refractivity contribution in [3.8, 4) is 0 Å². The summed E-state index contributed by atoms with van der Waals surface area (Å²) in [5.74, 6) is 0. The molecule has 1 unspecified atom stereocenters. The van der Waals surface area contributed by atoms with Gasteiger partial charge in [-0.05, 0) is 32.0 Å². The summed E-state index contributed by atoms with van der Waals surface area (Å²) in [6, 6.07) is 5.91. The Balaban J connectivity index is 2.57. The van der Waals surface area contributed by atoms with Crippen LogP contribution in [0, 0.1) is 6.92 Å². The molecule has 1 heterocycles. The molecule has 0 saturated carbocycles. The van der Waals surface area contributed by atoms with E-state index in [0.717, 1.165) is 28.2 Å². The lowest BCUT2D eigenvalue weighted by Gasteiger charge is -2.06. The number of hydrogen-bond donors (Lipinski definition) is 1. The van der Waals surface area contributed by atoms with E-state index in [-0.39, 0.29) is 6.04 Å². The molecule has 1 atom stereocenters. The smallest absolute Gasteiger partial charge is 0.0686 e. The van der Waals surface area contributed by atoms with Crippen molar-refractivity contribution < 1.29 is 0 Å². The highest BCUT2D eigenvalue weighted by molar-refractivity contribution is 6.31. The predicted octanol–water partition coefficient (Wildman–Crippen LogP) is 2.35. The van der Waals surface area contributed by atoms with Gasteiger partial charge in [0.2, 0.25) is 0 Å². The van der Waals surface area contributed by atoms with Crippen LogP contribution in [0.4, 0.5) is 0 Å². The van der Waals surface area contributed by atoms with Crippen molar-refractivity contribution in [2.45, 2.75) is 26.4 Å². The minimum Gasteiger partial charge on any atom is -0.326 e. The van der Waals surface area contributed by atoms with Crippen LogP contribution in [-0.2, 0) is 6.54 Å². The van der Waals surface area contributed by atoms with Crippen molar-refractivity contribution in [3.05, 3.63) is 28.9 Å². The highest BCUT2D eigenvalue weighted by Gasteiger charge is 2.08. The van der Waals surface area contributed by atoms with E-state index < -0.39 is 0 Å². The molecule has 0 spiro atoms. The summed E-state index contributed by atoms with van der Waals surface area (Å²) in [6.07, 6.45) is 0. The highest BCUT2D eigenvalue weighted by Crippen LogP contribution is 2.22. The third-order valence-corrected chi connectivity index (χ3v) is 2.59. The zero-order chi connectivity index (χ0) is 11.0. The molecule has 0 bridgehead atoms. The zero-order valence-electron chi connectivity index (χ0n) is 8.87. The molecule has 4 heteroatoms. The normalized spacial score (nSPS) is 13.3. The molecule has 0 aliphatic carbocycles. The molecule has 15 heavy (non-hydrogen) atoms. The van der Waals surface area contributed by atoms with Crippen molar-refractivity contribution in [3.63, 3.8) is 0 Å². The summed E-state index contributed by atoms with van der Waals surface area (Å²) in [4.78, 5) is 0. The van der Waals surface area contributed by atoms with Crippen LogP contribution in [0.1, 0.15) is 12.6 Å². The SMILES string of the molecule is Cc1nn(CC(C)N)c2ccc(Cl)cc12. The second-order valence-corrected chi connectivity index (χ2v) is 4.34. The average Bonchev–Trinajstić information content (AvgIpc) is 2.42. The van der Waals surface area contributed by atoms with Gasteiger partial charge in [-0.1, -0.05) is 11.6 Å². The second-order valence-electron chi connectivity index (χ2n) is 3.91. The van der Waals surface area contributed by atoms with E-state index in [0.29, 0.717) is 0 Å². The topological polar surface area (TPSA) is 43.8 Å². The lowest BCUT2D eigenvalue weighted by Crippen LogP contribution is -2.22. The van der Waals surface area contributed by atoms with Crippen LogP contribution in [-0.4, -0.2) is 15.8 Å². The number of fused-ring (bicyclic) bond motifs is 1. The number of benzene rings is 1. The molecule has 0 saturated heterocycles. The van der Waals surface area contributed by atoms with E-state index in [2.05, 4.69) is 5.10 Å². The summed E-state index contributed by atoms with van der Waals surface area (Å²) in [5.41, 5.74) is 7.85. The first-order valence-electron chi connectivity index (χ1n) is 4.96. The second kappa shape index (κ2) is 3.83. The number of rotatable bonds is 2. The predicted molar refractivity (Wildman–Crippen MR) is 63.1 cm³/mol. The molecule has 3 nitrogen and oxygen atoms in total. The number of nitrogens with two attached hydrogens (primary N) is 1. The molecule has 0 aliphatic rings. The van der Waals surface area contributed by atoms with Gasteiger partial charge in [0.1, 0.15) is 0 Å². The molecule has 0 aliphatic heterocycles. The van der Waals surface area contributed by atoms with Gasteiger partial charge < -0.3 is 5.73 Å². The molecule has 1 aromatic heterocycles. The number of halogens is 1. The Morgan fingerprint density at radius 3 is 2.93 bits per heavy atom. The summed E-state index contributed by atoms with van der Waals surface area (Å²) >= 11 is 5.94. The van der Waals surface area contributed by atoms with Gasteiger partial charge in [-0.3, -0.25) is 4.68 Å². The minimum absolute atomic E-state index is 0.100. The quantitative estimate of drug-likeness (QED) is 0.850. The largest absolute Gasteiger partial charge is 0.326 e. The Morgan fingerprint density at radius 1 is 1.53 bits per heavy atom. The summed E-state index contributed by atoms with van der Waals surface area (Å²) in [5, 5.41) is 6.29. The van der Waals surface area contributed by atoms with Gasteiger partial charge in [-0.25, -0.2) is 0 Å². The van der Waals surface area contributed by atoms with Crippen LogP contribution in [0.2, 0.25) is 5.02 Å². The van der Waals surface area contributed by atoms with E-state index in [1.165, 1.54) is 0 Å². The van der Waals surface area contributed by atoms with E-state index in [1.807, 2.05) is 36.7 Å². The van der Waals surface area contributed by atoms with E-state index in [4.69, 9.17) is 17.3 Å². The first-order chi connectivity index (χ1) is 7.08. The fourth-order valence-electron chi connectivity index (χ4n) is 1.72. The molecule has 0 amide bonds. The van der Waals surface area contributed by atoms with E-state index in [1.54, 1.807) is 0 Å². The van der Waals surface area contributed by atoms with Crippen molar-refractivity contribution in [1.82, 2.24) is 9.78 Å². The lowest BCUT2D eigenvalue weighted by atomic mass is 10.2. The Morgan fingerprint density at radius 2 is 2.27 bits per heavy atom. The molecule has 0 fully saturated rings. The first kappa shape index (κ1) is 10.5. The average molecular weight is 224 g/mol. The molecule has 2 rings (SSSR count). The van der Waals surface area contributed by atoms with Crippen LogP contribution < -0.4 is 5.73 Å². The van der Waals surface area contributed by atoms with Gasteiger partial charge in [0.15, 0.2) is 0 Å². The minimum atomic E-state index is 0.100. The third kappa shape index (κ3) is 1.98. The van der Waals surface area contributed by atoms with Crippen LogP contribution in [0.3, 0.4) is 0 Å². The highest BCUT2D eigenvalue weighted by atomic mass is 35.5. The molecule has 0 radical (unpaired) electrons. The molecule has 1 aromatic carbocycles. The van der Waals surface area contributed by atoms with E-state index in [9.17, 15) is 0 Å². The monoisotopic (exact) mass is 223 g/mol. The number of aromatic nitrogens is 2. The maximum absolute atomic E-state index is 5.94. The van der Waals surface area contributed by atoms with Gasteiger partial charge in [0.25, 0.3) is 0 Å². The Kier molecular flexibility index (Phi) is 2.67. The van der Waals surface area contributed by atoms with Crippen molar-refractivity contribution in [1.29, 1.82) is 0 Å². The molecular weight excluding hydrogens is 210 g/mol. The van der Waals surface area contributed by atoms with Crippen molar-refractivity contribution in [2.24, 2.45) is 5.73 Å². The fourth-order valence-corrected chi connectivity index (χ4v) is 1.90. The maximum Gasteiger partial charge on any atom is 0.0686 e. The summed E-state index contributed by atoms with van der Waals surface area (Å²) < 4.78 is 1.94. The van der Waals surface area contributed by atoms with Gasteiger partial charge in [-0.15, -0.1) is 0 Å². The molecule has 2 N–H and O–H groups in total. The van der Waals surface area contributed by atoms with Gasteiger partial charge in [0.05, 0.1) is 17.8 Å². The fraction of sp³-hybridized carbons (Fsp3) is 0.364. The Hall–Kier alpha value is -1.06. The lowest BCUT2D eigenvalue weighted by molar-refractivity contribution is 0.550. The van der Waals surface area contributed by atoms with Crippen LogP contribution in [0.15, 0.2) is 18.2 Å². The number of aryl methyl sites for hydroxylation is 1. The van der Waals surface area contributed by atoms with Crippen LogP contribution in [0.5, 0.6) is 0 Å². The summed E-state index contributed by atoms with van der Waals surface area (Å²) in [6.45, 7) is 4.68. The van der Waals surface area contributed by atoms with Crippen LogP contribution >= 0.6 is 11.6 Å². The number of nitrogens with zero attached hydrogens (tertiary/aromatic N) is 2. The Bertz CT molecular complexity index is 488. The number of hydrogen-bond acceptors (Lipinski definition) is 2. The van der Waals surface area contributed by atoms with Crippen molar-refractivity contribution >= 4 is 22.5 Å². The maximum atomic E-state index is 5.94. The van der Waals surface area contributed by atoms with Gasteiger partial charge in [0, 0.05) is 16.5 Å². The molecule has 80 valence electrons. The third-order valence-electron chi connectivity index (χ3n) is 2.36. The molecular formula is C11H14ClN3.